The van der Waals surface area contributed by atoms with Crippen LogP contribution in [0.4, 0.5) is 4.39 Å². The van der Waals surface area contributed by atoms with E-state index < -0.39 is 5.82 Å². The molecule has 0 bridgehead atoms. The normalized spacial score (nSPS) is 11.7. The molecule has 4 N–H and O–H groups in total. The molecule has 7 nitrogen and oxygen atoms in total. The number of nitrogens with two attached hydrogens (primary N) is 1. The molecule has 0 aliphatic carbocycles. The van der Waals surface area contributed by atoms with Crippen molar-refractivity contribution in [3.05, 3.63) is 47.4 Å². The summed E-state index contributed by atoms with van der Waals surface area (Å²) in [5.41, 5.74) is 5.83. The Balaban J connectivity index is 2.04. The van der Waals surface area contributed by atoms with Crippen molar-refractivity contribution in [2.24, 2.45) is 10.9 Å². The highest BCUT2D eigenvalue weighted by atomic mass is 19.1. The van der Waals surface area contributed by atoms with Crippen LogP contribution in [-0.4, -0.2) is 21.2 Å². The minimum Gasteiger partial charge on any atom is -0.409 e. The Morgan fingerprint density at radius 3 is 3.00 bits per heavy atom. The summed E-state index contributed by atoms with van der Waals surface area (Å²) in [5, 5.41) is 17.9. The SMILES string of the molecule is N/C(=N/O)c1cccc(CNCc2ncon2)c1F. The minimum atomic E-state index is -0.529. The third-order valence-electron chi connectivity index (χ3n) is 2.47. The van der Waals surface area contributed by atoms with Crippen LogP contribution in [0.3, 0.4) is 0 Å². The number of nitrogens with zero attached hydrogens (tertiary/aromatic N) is 3. The average Bonchev–Trinajstić information content (AvgIpc) is 2.93. The zero-order valence-corrected chi connectivity index (χ0v) is 9.88. The predicted molar refractivity (Wildman–Crippen MR) is 63.8 cm³/mol. The molecular weight excluding hydrogens is 253 g/mol. The first-order chi connectivity index (χ1) is 9.22. The summed E-state index contributed by atoms with van der Waals surface area (Å²) in [6, 6.07) is 4.67. The van der Waals surface area contributed by atoms with Crippen LogP contribution in [0.1, 0.15) is 17.0 Å². The molecule has 0 aliphatic rings. The third kappa shape index (κ3) is 3.05. The van der Waals surface area contributed by atoms with Crippen molar-refractivity contribution in [3.8, 4) is 0 Å². The van der Waals surface area contributed by atoms with Crippen LogP contribution in [0.2, 0.25) is 0 Å². The second kappa shape index (κ2) is 5.91. The molecule has 19 heavy (non-hydrogen) atoms. The molecule has 0 spiro atoms. The molecule has 2 aromatic rings. The number of nitrogens with one attached hydrogen (secondary N) is 1. The van der Waals surface area contributed by atoms with E-state index in [1.165, 1.54) is 12.5 Å². The van der Waals surface area contributed by atoms with Crippen LogP contribution in [0.25, 0.3) is 0 Å². The van der Waals surface area contributed by atoms with Gasteiger partial charge >= 0.3 is 0 Å². The van der Waals surface area contributed by atoms with Gasteiger partial charge in [0.1, 0.15) is 5.82 Å². The molecule has 0 unspecified atom stereocenters. The summed E-state index contributed by atoms with van der Waals surface area (Å²) in [6.45, 7) is 0.608. The fraction of sp³-hybridized carbons (Fsp3) is 0.182. The first-order valence-corrected chi connectivity index (χ1v) is 5.43. The second-order valence-corrected chi connectivity index (χ2v) is 3.71. The van der Waals surface area contributed by atoms with Crippen LogP contribution in [0.15, 0.2) is 34.3 Å². The van der Waals surface area contributed by atoms with E-state index >= 15 is 0 Å². The zero-order valence-electron chi connectivity index (χ0n) is 9.88. The number of rotatable bonds is 5. The van der Waals surface area contributed by atoms with Gasteiger partial charge in [-0.15, -0.1) is 0 Å². The fourth-order valence-corrected chi connectivity index (χ4v) is 1.55. The van der Waals surface area contributed by atoms with E-state index in [9.17, 15) is 4.39 Å². The quantitative estimate of drug-likeness (QED) is 0.316. The Morgan fingerprint density at radius 2 is 2.32 bits per heavy atom. The maximum Gasteiger partial charge on any atom is 0.213 e. The molecule has 8 heteroatoms. The molecule has 0 radical (unpaired) electrons. The highest BCUT2D eigenvalue weighted by Gasteiger charge is 2.11. The summed E-state index contributed by atoms with van der Waals surface area (Å²) in [4.78, 5) is 3.82. The number of halogens is 1. The smallest absolute Gasteiger partial charge is 0.213 e. The Bertz CT molecular complexity index is 570. The van der Waals surface area contributed by atoms with Crippen LogP contribution < -0.4 is 11.1 Å². The Kier molecular flexibility index (Phi) is 4.04. The number of amidine groups is 1. The number of hydrogen-bond donors (Lipinski definition) is 3. The highest BCUT2D eigenvalue weighted by molar-refractivity contribution is 5.97. The van der Waals surface area contributed by atoms with Crippen LogP contribution >= 0.6 is 0 Å². The van der Waals surface area contributed by atoms with E-state index in [-0.39, 0.29) is 17.9 Å². The van der Waals surface area contributed by atoms with Gasteiger partial charge in [-0.25, -0.2) is 4.39 Å². The van der Waals surface area contributed by atoms with E-state index in [0.29, 0.717) is 17.9 Å². The van der Waals surface area contributed by atoms with E-state index in [2.05, 4.69) is 25.1 Å². The van der Waals surface area contributed by atoms with Crippen molar-refractivity contribution >= 4 is 5.84 Å². The van der Waals surface area contributed by atoms with Crippen LogP contribution in [0, 0.1) is 5.82 Å². The van der Waals surface area contributed by atoms with Crippen molar-refractivity contribution in [2.75, 3.05) is 0 Å². The van der Waals surface area contributed by atoms with Crippen molar-refractivity contribution in [3.63, 3.8) is 0 Å². The highest BCUT2D eigenvalue weighted by Crippen LogP contribution is 2.12. The first-order valence-electron chi connectivity index (χ1n) is 5.43. The van der Waals surface area contributed by atoms with Gasteiger partial charge in [0.2, 0.25) is 6.39 Å². The summed E-state index contributed by atoms with van der Waals surface area (Å²) >= 11 is 0. The van der Waals surface area contributed by atoms with Crippen molar-refractivity contribution in [1.29, 1.82) is 0 Å². The molecule has 0 saturated heterocycles. The lowest BCUT2D eigenvalue weighted by Crippen LogP contribution is -2.19. The predicted octanol–water partition coefficient (Wildman–Crippen LogP) is 0.593. The van der Waals surface area contributed by atoms with Gasteiger partial charge in [0.05, 0.1) is 12.1 Å². The Labute approximate surface area is 107 Å². The summed E-state index contributed by atoms with van der Waals surface area (Å²) in [6.07, 6.45) is 1.22. The largest absolute Gasteiger partial charge is 0.409 e. The maximum atomic E-state index is 14.0. The molecule has 0 fully saturated rings. The van der Waals surface area contributed by atoms with Crippen molar-refractivity contribution < 1.29 is 14.1 Å². The second-order valence-electron chi connectivity index (χ2n) is 3.71. The topological polar surface area (TPSA) is 110 Å². The number of oxime groups is 1. The van der Waals surface area contributed by atoms with Crippen molar-refractivity contribution in [2.45, 2.75) is 13.1 Å². The molecule has 1 aromatic carbocycles. The standard InChI is InChI=1S/C11H12FN5O2/c12-10-7(2-1-3-8(10)11(13)16-18)4-14-5-9-15-6-19-17-9/h1-3,6,14,18H,4-5H2,(H2,13,16). The van der Waals surface area contributed by atoms with Crippen LogP contribution in [0.5, 0.6) is 0 Å². The average molecular weight is 265 g/mol. The monoisotopic (exact) mass is 265 g/mol. The molecular formula is C11H12FN5O2. The van der Waals surface area contributed by atoms with E-state index in [1.54, 1.807) is 12.1 Å². The molecule has 0 aliphatic heterocycles. The van der Waals surface area contributed by atoms with Crippen LogP contribution in [-0.2, 0) is 13.1 Å². The van der Waals surface area contributed by atoms with Gasteiger partial charge in [0.15, 0.2) is 11.7 Å². The Hall–Kier alpha value is -2.48. The molecule has 1 aromatic heterocycles. The molecule has 0 atom stereocenters. The van der Waals surface area contributed by atoms with E-state index in [0.717, 1.165) is 0 Å². The van der Waals surface area contributed by atoms with Gasteiger partial charge in [-0.1, -0.05) is 22.4 Å². The Morgan fingerprint density at radius 1 is 1.47 bits per heavy atom. The molecule has 2 rings (SSSR count). The lowest BCUT2D eigenvalue weighted by atomic mass is 10.1. The molecule has 100 valence electrons. The fourth-order valence-electron chi connectivity index (χ4n) is 1.55. The zero-order chi connectivity index (χ0) is 13.7. The maximum absolute atomic E-state index is 14.0. The van der Waals surface area contributed by atoms with Crippen molar-refractivity contribution in [1.82, 2.24) is 15.5 Å². The van der Waals surface area contributed by atoms with E-state index in [1.807, 2.05) is 0 Å². The number of aromatic nitrogens is 2. The molecule has 0 saturated carbocycles. The summed E-state index contributed by atoms with van der Waals surface area (Å²) < 4.78 is 18.6. The lowest BCUT2D eigenvalue weighted by Gasteiger charge is -2.07. The van der Waals surface area contributed by atoms with Gasteiger partial charge in [0, 0.05) is 12.1 Å². The third-order valence-corrected chi connectivity index (χ3v) is 2.47. The summed E-state index contributed by atoms with van der Waals surface area (Å²) in [7, 11) is 0. The molecule has 0 amide bonds. The van der Waals surface area contributed by atoms with Gasteiger partial charge < -0.3 is 20.8 Å². The first kappa shape index (κ1) is 13.0. The summed E-state index contributed by atoms with van der Waals surface area (Å²) in [5.74, 6) is -0.316. The number of benzene rings is 1. The number of hydrogen-bond acceptors (Lipinski definition) is 6. The molecule has 1 heterocycles. The minimum absolute atomic E-state index is 0.0568. The lowest BCUT2D eigenvalue weighted by molar-refractivity contribution is 0.318. The van der Waals surface area contributed by atoms with Gasteiger partial charge in [0.25, 0.3) is 0 Å². The van der Waals surface area contributed by atoms with Gasteiger partial charge in [-0.2, -0.15) is 4.98 Å². The van der Waals surface area contributed by atoms with Gasteiger partial charge in [-0.05, 0) is 6.07 Å². The van der Waals surface area contributed by atoms with Gasteiger partial charge in [-0.3, -0.25) is 0 Å². The van der Waals surface area contributed by atoms with E-state index in [4.69, 9.17) is 10.9 Å².